The Morgan fingerprint density at radius 3 is 2.75 bits per heavy atom. The SMILES string of the molecule is Cc1ccc(C(=O)N2CCNC(=O)C2)n1C. The monoisotopic (exact) mass is 221 g/mol. The molecule has 1 aromatic rings. The Labute approximate surface area is 94.0 Å². The Morgan fingerprint density at radius 2 is 2.19 bits per heavy atom. The molecule has 2 rings (SSSR count). The Bertz CT molecular complexity index is 436. The van der Waals surface area contributed by atoms with Crippen molar-refractivity contribution in [1.29, 1.82) is 0 Å². The van der Waals surface area contributed by atoms with Gasteiger partial charge in [0.15, 0.2) is 0 Å². The maximum atomic E-state index is 12.1. The number of hydrogen-bond acceptors (Lipinski definition) is 2. The smallest absolute Gasteiger partial charge is 0.271 e. The van der Waals surface area contributed by atoms with E-state index in [4.69, 9.17) is 0 Å². The first-order chi connectivity index (χ1) is 7.59. The van der Waals surface area contributed by atoms with Crippen molar-refractivity contribution in [2.24, 2.45) is 7.05 Å². The van der Waals surface area contributed by atoms with Gasteiger partial charge in [0.1, 0.15) is 5.69 Å². The molecule has 5 nitrogen and oxygen atoms in total. The lowest BCUT2D eigenvalue weighted by Crippen LogP contribution is -2.50. The lowest BCUT2D eigenvalue weighted by atomic mass is 10.3. The van der Waals surface area contributed by atoms with Gasteiger partial charge in [-0.1, -0.05) is 0 Å². The van der Waals surface area contributed by atoms with Gasteiger partial charge in [0.05, 0.1) is 6.54 Å². The maximum Gasteiger partial charge on any atom is 0.271 e. The van der Waals surface area contributed by atoms with Crippen molar-refractivity contribution in [3.8, 4) is 0 Å². The van der Waals surface area contributed by atoms with Gasteiger partial charge in [-0.15, -0.1) is 0 Å². The Morgan fingerprint density at radius 1 is 1.44 bits per heavy atom. The molecule has 0 bridgehead atoms. The fraction of sp³-hybridized carbons (Fsp3) is 0.455. The molecule has 1 aliphatic heterocycles. The summed E-state index contributed by atoms with van der Waals surface area (Å²) in [7, 11) is 1.85. The van der Waals surface area contributed by atoms with Gasteiger partial charge in [-0.3, -0.25) is 9.59 Å². The Kier molecular flexibility index (Phi) is 2.68. The molecule has 0 aliphatic carbocycles. The quantitative estimate of drug-likeness (QED) is 0.720. The fourth-order valence-corrected chi connectivity index (χ4v) is 1.80. The van der Waals surface area contributed by atoms with E-state index in [2.05, 4.69) is 5.32 Å². The molecule has 1 fully saturated rings. The molecule has 5 heteroatoms. The first-order valence-corrected chi connectivity index (χ1v) is 5.28. The summed E-state index contributed by atoms with van der Waals surface area (Å²) in [4.78, 5) is 24.9. The molecule has 2 heterocycles. The zero-order valence-electron chi connectivity index (χ0n) is 9.49. The molecule has 86 valence electrons. The molecular weight excluding hydrogens is 206 g/mol. The summed E-state index contributed by atoms with van der Waals surface area (Å²) in [6.45, 7) is 3.21. The highest BCUT2D eigenvalue weighted by Crippen LogP contribution is 2.09. The molecule has 1 aromatic heterocycles. The third kappa shape index (κ3) is 1.80. The average Bonchev–Trinajstić information content (AvgIpc) is 2.59. The zero-order chi connectivity index (χ0) is 11.7. The summed E-state index contributed by atoms with van der Waals surface area (Å²) in [6, 6.07) is 3.70. The Balaban J connectivity index is 2.18. The van der Waals surface area contributed by atoms with Crippen molar-refractivity contribution in [3.05, 3.63) is 23.5 Å². The number of rotatable bonds is 1. The van der Waals surface area contributed by atoms with E-state index in [1.54, 1.807) is 11.0 Å². The van der Waals surface area contributed by atoms with Gasteiger partial charge in [-0.05, 0) is 19.1 Å². The van der Waals surface area contributed by atoms with Gasteiger partial charge < -0.3 is 14.8 Å². The Hall–Kier alpha value is -1.78. The minimum absolute atomic E-state index is 0.0783. The maximum absolute atomic E-state index is 12.1. The topological polar surface area (TPSA) is 54.3 Å². The van der Waals surface area contributed by atoms with Crippen LogP contribution in [0, 0.1) is 6.92 Å². The van der Waals surface area contributed by atoms with Crippen LogP contribution in [0.1, 0.15) is 16.2 Å². The van der Waals surface area contributed by atoms with Crippen LogP contribution in [0.3, 0.4) is 0 Å². The van der Waals surface area contributed by atoms with Crippen LogP contribution in [0.4, 0.5) is 0 Å². The van der Waals surface area contributed by atoms with Crippen molar-refractivity contribution in [1.82, 2.24) is 14.8 Å². The molecule has 0 atom stereocenters. The largest absolute Gasteiger partial charge is 0.353 e. The van der Waals surface area contributed by atoms with Crippen molar-refractivity contribution in [3.63, 3.8) is 0 Å². The van der Waals surface area contributed by atoms with Crippen LogP contribution in [0.2, 0.25) is 0 Å². The molecule has 0 saturated carbocycles. The van der Waals surface area contributed by atoms with Crippen LogP contribution >= 0.6 is 0 Å². The average molecular weight is 221 g/mol. The van der Waals surface area contributed by atoms with E-state index in [1.165, 1.54) is 0 Å². The summed E-state index contributed by atoms with van der Waals surface area (Å²) in [6.07, 6.45) is 0. The number of carbonyl (C=O) groups is 2. The molecule has 1 N–H and O–H groups in total. The molecule has 2 amide bonds. The van der Waals surface area contributed by atoms with Gasteiger partial charge >= 0.3 is 0 Å². The highest BCUT2D eigenvalue weighted by Gasteiger charge is 2.23. The van der Waals surface area contributed by atoms with E-state index in [0.717, 1.165) is 5.69 Å². The number of amides is 2. The number of piperazine rings is 1. The van der Waals surface area contributed by atoms with Gasteiger partial charge in [-0.2, -0.15) is 0 Å². The molecule has 0 aromatic carbocycles. The van der Waals surface area contributed by atoms with E-state index in [1.807, 2.05) is 24.6 Å². The summed E-state index contributed by atoms with van der Waals surface area (Å²) < 4.78 is 1.84. The highest BCUT2D eigenvalue weighted by atomic mass is 16.2. The van der Waals surface area contributed by atoms with Crippen LogP contribution in [-0.2, 0) is 11.8 Å². The second-order valence-corrected chi connectivity index (χ2v) is 4.00. The van der Waals surface area contributed by atoms with E-state index < -0.39 is 0 Å². The molecule has 0 unspecified atom stereocenters. The molecule has 16 heavy (non-hydrogen) atoms. The van der Waals surface area contributed by atoms with E-state index in [0.29, 0.717) is 18.8 Å². The molecule has 0 spiro atoms. The van der Waals surface area contributed by atoms with Crippen LogP contribution < -0.4 is 5.32 Å². The summed E-state index contributed by atoms with van der Waals surface area (Å²) >= 11 is 0. The minimum Gasteiger partial charge on any atom is -0.353 e. The first kappa shape index (κ1) is 10.7. The summed E-state index contributed by atoms with van der Waals surface area (Å²) in [5.41, 5.74) is 1.66. The number of nitrogens with zero attached hydrogens (tertiary/aromatic N) is 2. The number of aromatic nitrogens is 1. The third-order valence-corrected chi connectivity index (χ3v) is 2.92. The van der Waals surface area contributed by atoms with E-state index in [9.17, 15) is 9.59 Å². The minimum atomic E-state index is -0.0921. The van der Waals surface area contributed by atoms with Gasteiger partial charge in [0.2, 0.25) is 5.91 Å². The third-order valence-electron chi connectivity index (χ3n) is 2.92. The summed E-state index contributed by atoms with van der Waals surface area (Å²) in [5.74, 6) is -0.170. The normalized spacial score (nSPS) is 16.1. The number of carbonyl (C=O) groups excluding carboxylic acids is 2. The van der Waals surface area contributed by atoms with Gasteiger partial charge in [0, 0.05) is 25.8 Å². The second-order valence-electron chi connectivity index (χ2n) is 4.00. The van der Waals surface area contributed by atoms with Crippen LogP contribution in [0.15, 0.2) is 12.1 Å². The predicted molar refractivity (Wildman–Crippen MR) is 59.1 cm³/mol. The van der Waals surface area contributed by atoms with Crippen LogP contribution in [-0.4, -0.2) is 40.9 Å². The molecule has 1 aliphatic rings. The number of nitrogens with one attached hydrogen (secondary N) is 1. The van der Waals surface area contributed by atoms with Crippen LogP contribution in [0.5, 0.6) is 0 Å². The fourth-order valence-electron chi connectivity index (χ4n) is 1.80. The lowest BCUT2D eigenvalue weighted by molar-refractivity contribution is -0.123. The van der Waals surface area contributed by atoms with Crippen molar-refractivity contribution < 1.29 is 9.59 Å². The number of hydrogen-bond donors (Lipinski definition) is 1. The molecular formula is C11H15N3O2. The zero-order valence-corrected chi connectivity index (χ0v) is 9.49. The predicted octanol–water partition coefficient (Wildman–Crippen LogP) is -0.0945. The first-order valence-electron chi connectivity index (χ1n) is 5.28. The van der Waals surface area contributed by atoms with E-state index >= 15 is 0 Å². The highest BCUT2D eigenvalue weighted by molar-refractivity contribution is 5.96. The van der Waals surface area contributed by atoms with Crippen molar-refractivity contribution >= 4 is 11.8 Å². The summed E-state index contributed by atoms with van der Waals surface area (Å²) in [5, 5.41) is 2.70. The van der Waals surface area contributed by atoms with Crippen molar-refractivity contribution in [2.45, 2.75) is 6.92 Å². The second kappa shape index (κ2) is 4.00. The van der Waals surface area contributed by atoms with E-state index in [-0.39, 0.29) is 18.4 Å². The standard InChI is InChI=1S/C11H15N3O2/c1-8-3-4-9(13(8)2)11(16)14-6-5-12-10(15)7-14/h3-4H,5-7H2,1-2H3,(H,12,15). The van der Waals surface area contributed by atoms with Crippen LogP contribution in [0.25, 0.3) is 0 Å². The lowest BCUT2D eigenvalue weighted by Gasteiger charge is -2.26. The van der Waals surface area contributed by atoms with Gasteiger partial charge in [-0.25, -0.2) is 0 Å². The van der Waals surface area contributed by atoms with Gasteiger partial charge in [0.25, 0.3) is 5.91 Å². The number of aryl methyl sites for hydroxylation is 1. The molecule has 1 saturated heterocycles. The molecule has 0 radical (unpaired) electrons. The van der Waals surface area contributed by atoms with Crippen molar-refractivity contribution in [2.75, 3.05) is 19.6 Å².